The minimum Gasteiger partial charge on any atom is -0.508 e. The van der Waals surface area contributed by atoms with Crippen LogP contribution in [0.2, 0.25) is 0 Å². The van der Waals surface area contributed by atoms with Gasteiger partial charge in [0.05, 0.1) is 0 Å². The van der Waals surface area contributed by atoms with E-state index in [-0.39, 0.29) is 17.9 Å². The monoisotopic (exact) mass is 370 g/mol. The quantitative estimate of drug-likeness (QED) is 0.504. The molecule has 0 spiro atoms. The van der Waals surface area contributed by atoms with Gasteiger partial charge in [0.2, 0.25) is 0 Å². The van der Waals surface area contributed by atoms with Crippen LogP contribution < -0.4 is 5.63 Å². The van der Waals surface area contributed by atoms with Crippen LogP contribution in [0.1, 0.15) is 31.4 Å². The van der Waals surface area contributed by atoms with Gasteiger partial charge < -0.3 is 14.3 Å². The van der Waals surface area contributed by atoms with E-state index in [2.05, 4.69) is 0 Å². The van der Waals surface area contributed by atoms with Crippen molar-refractivity contribution >= 4 is 40.1 Å². The maximum absolute atomic E-state index is 12.2. The summed E-state index contributed by atoms with van der Waals surface area (Å²) in [5.41, 5.74) is -0.0660. The van der Waals surface area contributed by atoms with Crippen LogP contribution in [0.3, 0.4) is 0 Å². The van der Waals surface area contributed by atoms with Gasteiger partial charge in [0, 0.05) is 29.5 Å². The van der Waals surface area contributed by atoms with E-state index in [0.717, 1.165) is 0 Å². The standard InChI is InChI=1S/C17H16Cl2O5/c1-3-9-4-11-10(5-14(21)24-13(11)6-12(9)20)7-23-15(22)16(2)8-17(16,18)19/h4-6,20H,3,7-8H2,1-2H3/t16-/m0/s1. The second kappa shape index (κ2) is 5.67. The van der Waals surface area contributed by atoms with Crippen LogP contribution in [0, 0.1) is 5.41 Å². The molecule has 1 fully saturated rings. The molecule has 0 unspecified atom stereocenters. The molecule has 0 amide bonds. The maximum atomic E-state index is 12.2. The second-order valence-corrected chi connectivity index (χ2v) is 7.69. The lowest BCUT2D eigenvalue weighted by molar-refractivity contribution is -0.150. The average molecular weight is 371 g/mol. The number of hydrogen-bond acceptors (Lipinski definition) is 5. The van der Waals surface area contributed by atoms with Gasteiger partial charge in [-0.2, -0.15) is 0 Å². The minimum absolute atomic E-state index is 0.0573. The van der Waals surface area contributed by atoms with Crippen LogP contribution in [0.5, 0.6) is 5.75 Å². The number of phenolic OH excluding ortho intramolecular Hbond substituents is 1. The summed E-state index contributed by atoms with van der Waals surface area (Å²) in [5.74, 6) is -0.453. The Balaban J connectivity index is 1.92. The number of hydrogen-bond donors (Lipinski definition) is 1. The molecule has 5 nitrogen and oxygen atoms in total. The molecule has 1 aliphatic carbocycles. The lowest BCUT2D eigenvalue weighted by atomic mass is 10.0. The van der Waals surface area contributed by atoms with E-state index in [1.165, 1.54) is 12.1 Å². The lowest BCUT2D eigenvalue weighted by Gasteiger charge is -2.13. The zero-order valence-corrected chi connectivity index (χ0v) is 14.7. The van der Waals surface area contributed by atoms with Crippen molar-refractivity contribution in [2.24, 2.45) is 5.41 Å². The van der Waals surface area contributed by atoms with Crippen LogP contribution in [-0.4, -0.2) is 15.4 Å². The summed E-state index contributed by atoms with van der Waals surface area (Å²) in [6.07, 6.45) is 0.937. The molecule has 0 bridgehead atoms. The third-order valence-corrected chi connectivity index (χ3v) is 5.58. The number of aromatic hydroxyl groups is 1. The highest BCUT2D eigenvalue weighted by molar-refractivity contribution is 6.53. The maximum Gasteiger partial charge on any atom is 0.336 e. The highest BCUT2D eigenvalue weighted by atomic mass is 35.5. The van der Waals surface area contributed by atoms with Gasteiger partial charge in [-0.25, -0.2) is 4.79 Å². The van der Waals surface area contributed by atoms with E-state index in [0.29, 0.717) is 29.4 Å². The molecule has 1 aromatic heterocycles. The van der Waals surface area contributed by atoms with Crippen molar-refractivity contribution < 1.29 is 19.1 Å². The molecule has 0 saturated heterocycles. The summed E-state index contributed by atoms with van der Waals surface area (Å²) in [5, 5.41) is 10.5. The Morgan fingerprint density at radius 2 is 2.00 bits per heavy atom. The van der Waals surface area contributed by atoms with Crippen molar-refractivity contribution in [1.82, 2.24) is 0 Å². The summed E-state index contributed by atoms with van der Waals surface area (Å²) < 4.78 is 9.30. The Labute approximate surface area is 148 Å². The number of fused-ring (bicyclic) bond motifs is 1. The average Bonchev–Trinajstić information content (AvgIpc) is 3.03. The topological polar surface area (TPSA) is 76.7 Å². The Bertz CT molecular complexity index is 886. The number of benzene rings is 1. The molecule has 1 aromatic carbocycles. The molecule has 1 heterocycles. The molecule has 7 heteroatoms. The summed E-state index contributed by atoms with van der Waals surface area (Å²) in [4.78, 5) is 23.9. The third-order valence-electron chi connectivity index (χ3n) is 4.48. The van der Waals surface area contributed by atoms with Gasteiger partial charge in [0.15, 0.2) is 0 Å². The Kier molecular flexibility index (Phi) is 4.04. The van der Waals surface area contributed by atoms with Crippen molar-refractivity contribution in [1.29, 1.82) is 0 Å². The fourth-order valence-corrected chi connectivity index (χ4v) is 3.32. The van der Waals surface area contributed by atoms with E-state index >= 15 is 0 Å². The minimum atomic E-state index is -1.11. The summed E-state index contributed by atoms with van der Waals surface area (Å²) in [6.45, 7) is 3.43. The Hall–Kier alpha value is -1.72. The SMILES string of the molecule is CCc1cc2c(COC(=O)[C@]3(C)CC3(Cl)Cl)cc(=O)oc2cc1O. The molecule has 1 aliphatic rings. The third kappa shape index (κ3) is 2.76. The number of alkyl halides is 2. The predicted molar refractivity (Wildman–Crippen MR) is 90.5 cm³/mol. The molecular weight excluding hydrogens is 355 g/mol. The molecule has 1 N–H and O–H groups in total. The highest BCUT2D eigenvalue weighted by Crippen LogP contribution is 2.64. The first kappa shape index (κ1) is 17.1. The molecule has 24 heavy (non-hydrogen) atoms. The lowest BCUT2D eigenvalue weighted by Crippen LogP contribution is -2.21. The number of halogens is 2. The Morgan fingerprint density at radius 3 is 2.58 bits per heavy atom. The first-order chi connectivity index (χ1) is 11.2. The van der Waals surface area contributed by atoms with Crippen molar-refractivity contribution in [3.8, 4) is 5.75 Å². The first-order valence-electron chi connectivity index (χ1n) is 7.51. The number of rotatable bonds is 4. The fourth-order valence-electron chi connectivity index (χ4n) is 2.63. The highest BCUT2D eigenvalue weighted by Gasteiger charge is 2.69. The number of phenols is 1. The van der Waals surface area contributed by atoms with E-state index in [1.807, 2.05) is 6.92 Å². The van der Waals surface area contributed by atoms with Crippen LogP contribution in [0.25, 0.3) is 11.0 Å². The van der Waals surface area contributed by atoms with Crippen LogP contribution in [0.15, 0.2) is 27.4 Å². The van der Waals surface area contributed by atoms with Crippen molar-refractivity contribution in [3.05, 3.63) is 39.7 Å². The second-order valence-electron chi connectivity index (χ2n) is 6.21. The van der Waals surface area contributed by atoms with Gasteiger partial charge in [-0.1, -0.05) is 6.92 Å². The van der Waals surface area contributed by atoms with Gasteiger partial charge in [-0.15, -0.1) is 23.2 Å². The van der Waals surface area contributed by atoms with Crippen molar-refractivity contribution in [2.45, 2.75) is 37.6 Å². The number of ether oxygens (including phenoxy) is 1. The van der Waals surface area contributed by atoms with Gasteiger partial charge in [0.1, 0.15) is 27.7 Å². The number of aryl methyl sites for hydroxylation is 1. The molecule has 1 atom stereocenters. The van der Waals surface area contributed by atoms with Gasteiger partial charge in [-0.05, 0) is 25.0 Å². The molecule has 128 valence electrons. The largest absolute Gasteiger partial charge is 0.508 e. The summed E-state index contributed by atoms with van der Waals surface area (Å²) in [6, 6.07) is 4.39. The summed E-state index contributed by atoms with van der Waals surface area (Å²) >= 11 is 11.9. The predicted octanol–water partition coefficient (Wildman–Crippen LogP) is 3.69. The molecule has 2 aromatic rings. The van der Waals surface area contributed by atoms with Gasteiger partial charge >= 0.3 is 11.6 Å². The normalized spacial score (nSPS) is 21.7. The molecule has 0 aliphatic heterocycles. The number of carbonyl (C=O) groups is 1. The van der Waals surface area contributed by atoms with E-state index in [4.69, 9.17) is 32.4 Å². The fraction of sp³-hybridized carbons (Fsp3) is 0.412. The molecule has 3 rings (SSSR count). The van der Waals surface area contributed by atoms with Crippen molar-refractivity contribution in [3.63, 3.8) is 0 Å². The van der Waals surface area contributed by atoms with E-state index < -0.39 is 21.3 Å². The molecule has 0 radical (unpaired) electrons. The zero-order chi connectivity index (χ0) is 17.7. The van der Waals surface area contributed by atoms with Crippen LogP contribution in [0.4, 0.5) is 0 Å². The van der Waals surface area contributed by atoms with Crippen molar-refractivity contribution in [2.75, 3.05) is 0 Å². The molecular formula is C17H16Cl2O5. The van der Waals surface area contributed by atoms with E-state index in [9.17, 15) is 14.7 Å². The smallest absolute Gasteiger partial charge is 0.336 e. The Morgan fingerprint density at radius 1 is 1.33 bits per heavy atom. The van der Waals surface area contributed by atoms with Crippen LogP contribution in [-0.2, 0) is 22.6 Å². The first-order valence-corrected chi connectivity index (χ1v) is 8.27. The number of carbonyl (C=O) groups excluding carboxylic acids is 1. The van der Waals surface area contributed by atoms with Gasteiger partial charge in [-0.3, -0.25) is 4.79 Å². The zero-order valence-electron chi connectivity index (χ0n) is 13.2. The van der Waals surface area contributed by atoms with Crippen LogP contribution >= 0.6 is 23.2 Å². The van der Waals surface area contributed by atoms with E-state index in [1.54, 1.807) is 13.0 Å². The number of esters is 1. The van der Waals surface area contributed by atoms with Gasteiger partial charge in [0.25, 0.3) is 0 Å². The molecule has 1 saturated carbocycles. The summed E-state index contributed by atoms with van der Waals surface area (Å²) in [7, 11) is 0.